The van der Waals surface area contributed by atoms with Crippen molar-refractivity contribution in [2.24, 2.45) is 5.73 Å². The highest BCUT2D eigenvalue weighted by Crippen LogP contribution is 2.25. The van der Waals surface area contributed by atoms with Gasteiger partial charge in [0.1, 0.15) is 18.2 Å². The van der Waals surface area contributed by atoms with Crippen molar-refractivity contribution in [1.29, 1.82) is 0 Å². The molecule has 0 amide bonds. The Labute approximate surface area is 121 Å². The molecule has 21 heavy (non-hydrogen) atoms. The molecule has 1 atom stereocenters. The van der Waals surface area contributed by atoms with Crippen LogP contribution in [0.1, 0.15) is 18.1 Å². The molecule has 2 aromatic carbocycles. The fourth-order valence-electron chi connectivity index (χ4n) is 2.03. The molecule has 2 rings (SSSR count). The van der Waals surface area contributed by atoms with Crippen LogP contribution in [-0.4, -0.2) is 6.04 Å². The Balaban J connectivity index is 2.21. The normalized spacial score (nSPS) is 12.2. The van der Waals surface area contributed by atoms with Gasteiger partial charge in [0.15, 0.2) is 11.6 Å². The largest absolute Gasteiger partial charge is 0.485 e. The van der Waals surface area contributed by atoms with E-state index in [1.165, 1.54) is 6.07 Å². The molecule has 2 aromatic rings. The summed E-state index contributed by atoms with van der Waals surface area (Å²) >= 11 is 0. The van der Waals surface area contributed by atoms with E-state index in [2.05, 4.69) is 0 Å². The number of rotatable bonds is 5. The Morgan fingerprint density at radius 1 is 1.05 bits per heavy atom. The highest BCUT2D eigenvalue weighted by molar-refractivity contribution is 5.36. The van der Waals surface area contributed by atoms with Crippen molar-refractivity contribution >= 4 is 0 Å². The quantitative estimate of drug-likeness (QED) is 0.915. The standard InChI is InChI=1S/C16H16F3NO/c1-10(20)7-11-3-2-4-15(19)16(11)21-9-12-8-13(17)5-6-14(12)18/h2-6,8,10H,7,9,20H2,1H3. The molecule has 2 nitrogen and oxygen atoms in total. The second kappa shape index (κ2) is 6.63. The third-order valence-corrected chi connectivity index (χ3v) is 2.97. The Kier molecular flexibility index (Phi) is 4.85. The lowest BCUT2D eigenvalue weighted by Crippen LogP contribution is -2.18. The van der Waals surface area contributed by atoms with E-state index in [1.807, 2.05) is 0 Å². The monoisotopic (exact) mass is 295 g/mol. The molecule has 0 heterocycles. The molecular formula is C16H16F3NO. The summed E-state index contributed by atoms with van der Waals surface area (Å²) < 4.78 is 45.8. The van der Waals surface area contributed by atoms with Crippen LogP contribution in [0, 0.1) is 17.5 Å². The van der Waals surface area contributed by atoms with E-state index >= 15 is 0 Å². The molecule has 0 aliphatic rings. The smallest absolute Gasteiger partial charge is 0.165 e. The van der Waals surface area contributed by atoms with Gasteiger partial charge in [0.25, 0.3) is 0 Å². The van der Waals surface area contributed by atoms with Gasteiger partial charge >= 0.3 is 0 Å². The maximum absolute atomic E-state index is 13.8. The lowest BCUT2D eigenvalue weighted by molar-refractivity contribution is 0.280. The minimum atomic E-state index is -0.596. The lowest BCUT2D eigenvalue weighted by atomic mass is 10.1. The molecule has 112 valence electrons. The first kappa shape index (κ1) is 15.4. The third kappa shape index (κ3) is 3.98. The summed E-state index contributed by atoms with van der Waals surface area (Å²) in [6.07, 6.45) is 0.429. The fourth-order valence-corrected chi connectivity index (χ4v) is 2.03. The van der Waals surface area contributed by atoms with Crippen LogP contribution in [0.4, 0.5) is 13.2 Å². The zero-order chi connectivity index (χ0) is 15.4. The van der Waals surface area contributed by atoms with Gasteiger partial charge < -0.3 is 10.5 Å². The average molecular weight is 295 g/mol. The average Bonchev–Trinajstić information content (AvgIpc) is 2.41. The van der Waals surface area contributed by atoms with E-state index < -0.39 is 17.5 Å². The summed E-state index contributed by atoms with van der Waals surface area (Å²) in [4.78, 5) is 0. The summed E-state index contributed by atoms with van der Waals surface area (Å²) in [7, 11) is 0. The SMILES string of the molecule is CC(N)Cc1cccc(F)c1OCc1cc(F)ccc1F. The number of halogens is 3. The highest BCUT2D eigenvalue weighted by Gasteiger charge is 2.13. The Hall–Kier alpha value is -2.01. The van der Waals surface area contributed by atoms with Gasteiger partial charge in [0.05, 0.1) is 0 Å². The zero-order valence-electron chi connectivity index (χ0n) is 11.6. The third-order valence-electron chi connectivity index (χ3n) is 2.97. The van der Waals surface area contributed by atoms with Crippen molar-refractivity contribution in [3.05, 3.63) is 65.0 Å². The van der Waals surface area contributed by atoms with Crippen LogP contribution in [-0.2, 0) is 13.0 Å². The van der Waals surface area contributed by atoms with Gasteiger partial charge in [-0.05, 0) is 43.2 Å². The highest BCUT2D eigenvalue weighted by atomic mass is 19.1. The van der Waals surface area contributed by atoms with Crippen LogP contribution in [0.3, 0.4) is 0 Å². The number of hydrogen-bond acceptors (Lipinski definition) is 2. The van der Waals surface area contributed by atoms with E-state index in [0.717, 1.165) is 18.2 Å². The maximum Gasteiger partial charge on any atom is 0.165 e. The molecule has 0 spiro atoms. The van der Waals surface area contributed by atoms with Crippen molar-refractivity contribution in [3.8, 4) is 5.75 Å². The van der Waals surface area contributed by atoms with Crippen LogP contribution < -0.4 is 10.5 Å². The van der Waals surface area contributed by atoms with E-state index in [1.54, 1.807) is 19.1 Å². The molecule has 0 aliphatic carbocycles. The molecule has 5 heteroatoms. The molecule has 0 saturated heterocycles. The molecule has 2 N–H and O–H groups in total. The minimum absolute atomic E-state index is 0.0264. The van der Waals surface area contributed by atoms with Crippen molar-refractivity contribution < 1.29 is 17.9 Å². The van der Waals surface area contributed by atoms with E-state index in [0.29, 0.717) is 12.0 Å². The van der Waals surface area contributed by atoms with Crippen LogP contribution >= 0.6 is 0 Å². The molecule has 0 bridgehead atoms. The molecule has 0 saturated carbocycles. The summed E-state index contributed by atoms with van der Waals surface area (Å²) in [5.41, 5.74) is 6.34. The van der Waals surface area contributed by atoms with E-state index in [9.17, 15) is 13.2 Å². The van der Waals surface area contributed by atoms with Gasteiger partial charge in [-0.2, -0.15) is 0 Å². The predicted molar refractivity (Wildman–Crippen MR) is 74.4 cm³/mol. The number of nitrogens with two attached hydrogens (primary N) is 1. The van der Waals surface area contributed by atoms with Crippen LogP contribution in [0.2, 0.25) is 0 Å². The first-order valence-electron chi connectivity index (χ1n) is 6.57. The predicted octanol–water partition coefficient (Wildman–Crippen LogP) is 3.57. The van der Waals surface area contributed by atoms with Crippen molar-refractivity contribution in [2.45, 2.75) is 26.0 Å². The molecule has 1 unspecified atom stereocenters. The van der Waals surface area contributed by atoms with Gasteiger partial charge in [-0.15, -0.1) is 0 Å². The number of para-hydroxylation sites is 1. The van der Waals surface area contributed by atoms with Gasteiger partial charge in [-0.25, -0.2) is 13.2 Å². The van der Waals surface area contributed by atoms with Crippen LogP contribution in [0.15, 0.2) is 36.4 Å². The molecule has 0 aliphatic heterocycles. The first-order chi connectivity index (χ1) is 9.97. The van der Waals surface area contributed by atoms with Crippen LogP contribution in [0.5, 0.6) is 5.75 Å². The minimum Gasteiger partial charge on any atom is -0.485 e. The Morgan fingerprint density at radius 3 is 2.52 bits per heavy atom. The zero-order valence-corrected chi connectivity index (χ0v) is 11.6. The number of benzene rings is 2. The number of ether oxygens (including phenoxy) is 1. The second-order valence-corrected chi connectivity index (χ2v) is 4.93. The van der Waals surface area contributed by atoms with E-state index in [4.69, 9.17) is 10.5 Å². The van der Waals surface area contributed by atoms with E-state index in [-0.39, 0.29) is 24.0 Å². The first-order valence-corrected chi connectivity index (χ1v) is 6.57. The van der Waals surface area contributed by atoms with Gasteiger partial charge in [0.2, 0.25) is 0 Å². The van der Waals surface area contributed by atoms with Crippen molar-refractivity contribution in [1.82, 2.24) is 0 Å². The summed E-state index contributed by atoms with van der Waals surface area (Å²) in [6.45, 7) is 1.54. The summed E-state index contributed by atoms with van der Waals surface area (Å²) in [6, 6.07) is 7.40. The molecule has 0 fully saturated rings. The van der Waals surface area contributed by atoms with Gasteiger partial charge in [-0.3, -0.25) is 0 Å². The van der Waals surface area contributed by atoms with Crippen molar-refractivity contribution in [3.63, 3.8) is 0 Å². The fraction of sp³-hybridized carbons (Fsp3) is 0.250. The topological polar surface area (TPSA) is 35.2 Å². The number of hydrogen-bond donors (Lipinski definition) is 1. The van der Waals surface area contributed by atoms with Crippen molar-refractivity contribution in [2.75, 3.05) is 0 Å². The summed E-state index contributed by atoms with van der Waals surface area (Å²) in [5, 5.41) is 0. The molecular weight excluding hydrogens is 279 g/mol. The second-order valence-electron chi connectivity index (χ2n) is 4.93. The molecule has 0 radical (unpaired) electrons. The van der Waals surface area contributed by atoms with Gasteiger partial charge in [-0.1, -0.05) is 12.1 Å². The lowest BCUT2D eigenvalue weighted by Gasteiger charge is -2.14. The Morgan fingerprint density at radius 2 is 1.81 bits per heavy atom. The van der Waals surface area contributed by atoms with Crippen LogP contribution in [0.25, 0.3) is 0 Å². The van der Waals surface area contributed by atoms with Gasteiger partial charge in [0, 0.05) is 11.6 Å². The summed E-state index contributed by atoms with van der Waals surface area (Å²) in [5.74, 6) is -1.69. The Bertz CT molecular complexity index is 629. The maximum atomic E-state index is 13.8. The molecule has 0 aromatic heterocycles.